The summed E-state index contributed by atoms with van der Waals surface area (Å²) in [5, 5.41) is 23.5. The van der Waals surface area contributed by atoms with E-state index >= 15 is 0 Å². The number of thioether (sulfide) groups is 1. The number of anilines is 2. The molecule has 10 heteroatoms. The molecule has 2 heterocycles. The Morgan fingerprint density at radius 3 is 2.96 bits per heavy atom. The number of methoxy groups -OCH3 is 1. The smallest absolute Gasteiger partial charge is 0.237 e. The van der Waals surface area contributed by atoms with Crippen LogP contribution in [0.15, 0.2) is 8.76 Å². The first-order chi connectivity index (χ1) is 11.5. The number of nitriles is 1. The third-order valence-electron chi connectivity index (χ3n) is 3.07. The molecule has 0 aliphatic rings. The van der Waals surface area contributed by atoms with E-state index < -0.39 is 0 Å². The highest BCUT2D eigenvalue weighted by molar-refractivity contribution is 8.01. The fraction of sp³-hybridized carbons (Fsp3) is 0.429. The van der Waals surface area contributed by atoms with Crippen molar-refractivity contribution in [1.29, 1.82) is 5.26 Å². The van der Waals surface area contributed by atoms with Crippen molar-refractivity contribution in [1.82, 2.24) is 10.2 Å². The van der Waals surface area contributed by atoms with Crippen molar-refractivity contribution in [2.24, 2.45) is 0 Å². The quantitative estimate of drug-likeness (QED) is 0.540. The molecule has 0 unspecified atom stereocenters. The Morgan fingerprint density at radius 1 is 1.46 bits per heavy atom. The molecule has 0 aromatic carbocycles. The lowest BCUT2D eigenvalue weighted by atomic mass is 10.2. The van der Waals surface area contributed by atoms with Crippen LogP contribution in [0, 0.1) is 25.2 Å². The summed E-state index contributed by atoms with van der Waals surface area (Å²) in [6.07, 6.45) is 0. The molecule has 0 saturated carbocycles. The zero-order valence-electron chi connectivity index (χ0n) is 13.5. The van der Waals surface area contributed by atoms with Gasteiger partial charge in [0, 0.05) is 19.2 Å². The lowest BCUT2D eigenvalue weighted by Crippen LogP contribution is -2.14. The number of carbonyl (C=O) groups is 1. The van der Waals surface area contributed by atoms with Crippen molar-refractivity contribution >= 4 is 40.0 Å². The number of nitrogens with zero attached hydrogens (tertiary/aromatic N) is 3. The monoisotopic (exact) mass is 367 g/mol. The van der Waals surface area contributed by atoms with Crippen LogP contribution < -0.4 is 10.6 Å². The maximum absolute atomic E-state index is 12.0. The van der Waals surface area contributed by atoms with Gasteiger partial charge in [-0.05, 0) is 13.8 Å². The van der Waals surface area contributed by atoms with Crippen LogP contribution in [0.2, 0.25) is 0 Å². The molecule has 2 rings (SSSR count). The summed E-state index contributed by atoms with van der Waals surface area (Å²) in [4.78, 5) is 12.0. The first-order valence-electron chi connectivity index (χ1n) is 7.04. The minimum Gasteiger partial charge on any atom is -0.444 e. The molecular formula is C14H17N5O3S2. The number of hydrogen-bond donors (Lipinski definition) is 2. The number of furan rings is 1. The fourth-order valence-corrected chi connectivity index (χ4v) is 3.32. The molecule has 2 aromatic rings. The summed E-state index contributed by atoms with van der Waals surface area (Å²) >= 11 is 2.63. The number of aryl methyl sites for hydroxylation is 1. The first-order valence-corrected chi connectivity index (χ1v) is 8.84. The summed E-state index contributed by atoms with van der Waals surface area (Å²) < 4.78 is 11.0. The molecular weight excluding hydrogens is 350 g/mol. The maximum atomic E-state index is 12.0. The van der Waals surface area contributed by atoms with Crippen molar-refractivity contribution in [3.8, 4) is 6.07 Å². The van der Waals surface area contributed by atoms with Crippen LogP contribution in [0.1, 0.15) is 16.9 Å². The molecule has 1 amide bonds. The molecule has 8 nitrogen and oxygen atoms in total. The van der Waals surface area contributed by atoms with Crippen molar-refractivity contribution in [3.05, 3.63) is 16.9 Å². The van der Waals surface area contributed by atoms with Gasteiger partial charge in [0.25, 0.3) is 0 Å². The highest BCUT2D eigenvalue weighted by Gasteiger charge is 2.17. The Bertz CT molecular complexity index is 750. The summed E-state index contributed by atoms with van der Waals surface area (Å²) in [7, 11) is 1.63. The predicted molar refractivity (Wildman–Crippen MR) is 92.5 cm³/mol. The minimum atomic E-state index is -0.269. The molecule has 2 N–H and O–H groups in total. The van der Waals surface area contributed by atoms with E-state index in [1.807, 2.05) is 6.07 Å². The number of rotatable bonds is 8. The average molecular weight is 367 g/mol. The number of amides is 1. The molecule has 0 fully saturated rings. The predicted octanol–water partition coefficient (Wildman–Crippen LogP) is 2.41. The fourth-order valence-electron chi connectivity index (χ4n) is 1.74. The molecule has 0 aliphatic heterocycles. The number of carbonyl (C=O) groups excluding carboxylic acids is 1. The van der Waals surface area contributed by atoms with Crippen LogP contribution in [-0.2, 0) is 9.53 Å². The zero-order chi connectivity index (χ0) is 17.5. The molecule has 0 radical (unpaired) electrons. The maximum Gasteiger partial charge on any atom is 0.237 e. The van der Waals surface area contributed by atoms with E-state index in [0.717, 1.165) is 5.56 Å². The highest BCUT2D eigenvalue weighted by Crippen LogP contribution is 2.27. The van der Waals surface area contributed by atoms with Crippen LogP contribution >= 0.6 is 23.1 Å². The average Bonchev–Trinajstić information content (AvgIpc) is 3.11. The van der Waals surface area contributed by atoms with Crippen LogP contribution in [0.5, 0.6) is 0 Å². The summed E-state index contributed by atoms with van der Waals surface area (Å²) in [6, 6.07) is 2.04. The first kappa shape index (κ1) is 18.3. The van der Waals surface area contributed by atoms with Gasteiger partial charge in [-0.1, -0.05) is 23.1 Å². The molecule has 0 spiro atoms. The topological polar surface area (TPSA) is 113 Å². The summed E-state index contributed by atoms with van der Waals surface area (Å²) in [5.41, 5.74) is 1.09. The Hall–Kier alpha value is -2.09. The van der Waals surface area contributed by atoms with E-state index in [0.29, 0.717) is 33.9 Å². The van der Waals surface area contributed by atoms with Crippen LogP contribution in [-0.4, -0.2) is 42.1 Å². The van der Waals surface area contributed by atoms with Gasteiger partial charge in [0.1, 0.15) is 17.4 Å². The Kier molecular flexibility index (Phi) is 6.60. The number of aromatic nitrogens is 2. The van der Waals surface area contributed by atoms with Crippen LogP contribution in [0.4, 0.5) is 11.0 Å². The van der Waals surface area contributed by atoms with Gasteiger partial charge >= 0.3 is 0 Å². The number of nitrogens with one attached hydrogen (secondary N) is 2. The second-order valence-corrected chi connectivity index (χ2v) is 6.93. The molecule has 0 atom stereocenters. The normalized spacial score (nSPS) is 10.4. The highest BCUT2D eigenvalue weighted by atomic mass is 32.2. The standard InChI is InChI=1S/C14H17N5O3S2/c1-8-9(2)22-12(10(8)6-15)17-11(20)7-23-14-19-18-13(24-14)16-4-5-21-3/h4-5,7H2,1-3H3,(H,16,18)(H,17,20). The molecule has 2 aromatic heterocycles. The van der Waals surface area contributed by atoms with Gasteiger partial charge in [-0.25, -0.2) is 0 Å². The van der Waals surface area contributed by atoms with E-state index in [9.17, 15) is 4.79 Å². The second-order valence-electron chi connectivity index (χ2n) is 4.73. The molecule has 24 heavy (non-hydrogen) atoms. The van der Waals surface area contributed by atoms with Gasteiger partial charge in [-0.2, -0.15) is 5.26 Å². The lowest BCUT2D eigenvalue weighted by molar-refractivity contribution is -0.113. The zero-order valence-corrected chi connectivity index (χ0v) is 15.1. The van der Waals surface area contributed by atoms with Crippen molar-refractivity contribution in [2.75, 3.05) is 36.6 Å². The van der Waals surface area contributed by atoms with Crippen LogP contribution in [0.3, 0.4) is 0 Å². The summed E-state index contributed by atoms with van der Waals surface area (Å²) in [6.45, 7) is 4.75. The van der Waals surface area contributed by atoms with Gasteiger partial charge in [0.05, 0.1) is 12.4 Å². The van der Waals surface area contributed by atoms with Gasteiger partial charge in [0.2, 0.25) is 16.9 Å². The lowest BCUT2D eigenvalue weighted by Gasteiger charge is -2.01. The van der Waals surface area contributed by atoms with Crippen LogP contribution in [0.25, 0.3) is 0 Å². The van der Waals surface area contributed by atoms with Gasteiger partial charge in [-0.15, -0.1) is 10.2 Å². The van der Waals surface area contributed by atoms with E-state index in [1.54, 1.807) is 21.0 Å². The van der Waals surface area contributed by atoms with E-state index in [2.05, 4.69) is 20.8 Å². The van der Waals surface area contributed by atoms with Crippen molar-refractivity contribution < 1.29 is 13.9 Å². The number of hydrogen-bond acceptors (Lipinski definition) is 9. The number of ether oxygens (including phenoxy) is 1. The molecule has 0 saturated heterocycles. The SMILES string of the molecule is COCCNc1nnc(SCC(=O)Nc2oc(C)c(C)c2C#N)s1. The van der Waals surface area contributed by atoms with Gasteiger partial charge < -0.3 is 14.5 Å². The van der Waals surface area contributed by atoms with Crippen molar-refractivity contribution in [2.45, 2.75) is 18.2 Å². The molecule has 0 aliphatic carbocycles. The largest absolute Gasteiger partial charge is 0.444 e. The second kappa shape index (κ2) is 8.68. The summed E-state index contributed by atoms with van der Waals surface area (Å²) in [5.74, 6) is 0.688. The Labute approximate surface area is 147 Å². The van der Waals surface area contributed by atoms with E-state index in [4.69, 9.17) is 14.4 Å². The Balaban J connectivity index is 1.86. The van der Waals surface area contributed by atoms with Crippen molar-refractivity contribution in [3.63, 3.8) is 0 Å². The minimum absolute atomic E-state index is 0.149. The van der Waals surface area contributed by atoms with Gasteiger partial charge in [-0.3, -0.25) is 10.1 Å². The Morgan fingerprint density at radius 2 is 2.25 bits per heavy atom. The van der Waals surface area contributed by atoms with Gasteiger partial charge in [0.15, 0.2) is 4.34 Å². The third-order valence-corrected chi connectivity index (χ3v) is 5.08. The van der Waals surface area contributed by atoms with E-state index in [1.165, 1.54) is 23.1 Å². The third kappa shape index (κ3) is 4.70. The van der Waals surface area contributed by atoms with E-state index in [-0.39, 0.29) is 17.5 Å². The molecule has 0 bridgehead atoms. The molecule has 128 valence electrons.